The van der Waals surface area contributed by atoms with Crippen molar-refractivity contribution < 1.29 is 24.0 Å². The summed E-state index contributed by atoms with van der Waals surface area (Å²) < 4.78 is 0. The van der Waals surface area contributed by atoms with Crippen LogP contribution < -0.4 is 10.2 Å². The Morgan fingerprint density at radius 2 is 1.66 bits per heavy atom. The van der Waals surface area contributed by atoms with Gasteiger partial charge in [-0.3, -0.25) is 39.1 Å². The number of imide groups is 2. The Kier molecular flexibility index (Phi) is 6.55. The molecule has 3 fully saturated rings. The lowest BCUT2D eigenvalue weighted by Gasteiger charge is -2.37. The summed E-state index contributed by atoms with van der Waals surface area (Å²) in [6.45, 7) is 5.33. The van der Waals surface area contributed by atoms with Gasteiger partial charge < -0.3 is 9.80 Å². The SMILES string of the molecule is O=C1CCC(N2C(=O)c3cccc(N4CCN(CCC(=O)N5CCCCC5)CC4)c3C2=O)C(=O)N1. The third kappa shape index (κ3) is 4.54. The predicted octanol–water partition coefficient (Wildman–Crippen LogP) is 0.612. The fourth-order valence-electron chi connectivity index (χ4n) is 5.53. The molecule has 10 heteroatoms. The van der Waals surface area contributed by atoms with Crippen molar-refractivity contribution in [3.63, 3.8) is 0 Å². The molecule has 4 heterocycles. The number of likely N-dealkylation sites (tertiary alicyclic amines) is 1. The summed E-state index contributed by atoms with van der Waals surface area (Å²) in [5.41, 5.74) is 1.32. The van der Waals surface area contributed by atoms with Crippen LogP contribution in [0.4, 0.5) is 5.69 Å². The first-order valence-corrected chi connectivity index (χ1v) is 12.5. The van der Waals surface area contributed by atoms with Crippen LogP contribution in [0.2, 0.25) is 0 Å². The fourth-order valence-corrected chi connectivity index (χ4v) is 5.53. The van der Waals surface area contributed by atoms with Gasteiger partial charge in [-0.05, 0) is 37.8 Å². The molecule has 4 aliphatic rings. The molecule has 1 N–H and O–H groups in total. The topological polar surface area (TPSA) is 110 Å². The first-order valence-electron chi connectivity index (χ1n) is 12.5. The van der Waals surface area contributed by atoms with E-state index in [9.17, 15) is 24.0 Å². The molecule has 0 saturated carbocycles. The number of rotatable bonds is 5. The van der Waals surface area contributed by atoms with Gasteiger partial charge in [0.15, 0.2) is 0 Å². The van der Waals surface area contributed by atoms with Crippen molar-refractivity contribution in [3.05, 3.63) is 29.3 Å². The zero-order valence-electron chi connectivity index (χ0n) is 19.8. The molecule has 5 amide bonds. The van der Waals surface area contributed by atoms with Gasteiger partial charge in [0.25, 0.3) is 11.8 Å². The van der Waals surface area contributed by atoms with Gasteiger partial charge in [-0.2, -0.15) is 0 Å². The minimum absolute atomic E-state index is 0.0961. The molecule has 5 rings (SSSR count). The number of amides is 5. The van der Waals surface area contributed by atoms with Crippen molar-refractivity contribution in [1.82, 2.24) is 20.0 Å². The van der Waals surface area contributed by atoms with E-state index in [0.717, 1.165) is 50.5 Å². The van der Waals surface area contributed by atoms with Crippen LogP contribution in [0.25, 0.3) is 0 Å². The zero-order valence-corrected chi connectivity index (χ0v) is 19.8. The summed E-state index contributed by atoms with van der Waals surface area (Å²) in [6.07, 6.45) is 4.14. The van der Waals surface area contributed by atoms with Crippen LogP contribution >= 0.6 is 0 Å². The number of hydrogen-bond donors (Lipinski definition) is 1. The van der Waals surface area contributed by atoms with Gasteiger partial charge in [0.2, 0.25) is 17.7 Å². The third-order valence-electron chi connectivity index (χ3n) is 7.51. The molecule has 10 nitrogen and oxygen atoms in total. The number of carbonyl (C=O) groups is 5. The molecule has 186 valence electrons. The molecule has 0 spiro atoms. The number of carbonyl (C=O) groups excluding carboxylic acids is 5. The van der Waals surface area contributed by atoms with Crippen molar-refractivity contribution >= 4 is 35.2 Å². The quantitative estimate of drug-likeness (QED) is 0.614. The number of benzene rings is 1. The summed E-state index contributed by atoms with van der Waals surface area (Å²) >= 11 is 0. The predicted molar refractivity (Wildman–Crippen MR) is 127 cm³/mol. The van der Waals surface area contributed by atoms with E-state index in [1.807, 2.05) is 11.0 Å². The molecule has 1 aromatic rings. The Morgan fingerprint density at radius 3 is 2.37 bits per heavy atom. The Labute approximate surface area is 204 Å². The molecular weight excluding hydrogens is 450 g/mol. The van der Waals surface area contributed by atoms with Crippen LogP contribution in [-0.4, -0.2) is 96.1 Å². The molecule has 1 atom stereocenters. The van der Waals surface area contributed by atoms with Gasteiger partial charge in [-0.1, -0.05) is 6.07 Å². The molecule has 35 heavy (non-hydrogen) atoms. The third-order valence-corrected chi connectivity index (χ3v) is 7.51. The summed E-state index contributed by atoms with van der Waals surface area (Å²) in [4.78, 5) is 70.1. The molecule has 3 saturated heterocycles. The number of nitrogens with one attached hydrogen (secondary N) is 1. The van der Waals surface area contributed by atoms with Crippen LogP contribution in [0.3, 0.4) is 0 Å². The van der Waals surface area contributed by atoms with E-state index in [0.29, 0.717) is 36.3 Å². The van der Waals surface area contributed by atoms with Crippen LogP contribution in [0.5, 0.6) is 0 Å². The smallest absolute Gasteiger partial charge is 0.264 e. The van der Waals surface area contributed by atoms with Crippen molar-refractivity contribution in [3.8, 4) is 0 Å². The van der Waals surface area contributed by atoms with E-state index in [-0.39, 0.29) is 24.7 Å². The van der Waals surface area contributed by atoms with Gasteiger partial charge in [0.1, 0.15) is 6.04 Å². The summed E-state index contributed by atoms with van der Waals surface area (Å²) in [5, 5.41) is 2.23. The molecule has 0 aliphatic carbocycles. The zero-order chi connectivity index (χ0) is 24.5. The van der Waals surface area contributed by atoms with Crippen LogP contribution in [-0.2, 0) is 14.4 Å². The van der Waals surface area contributed by atoms with Gasteiger partial charge in [0, 0.05) is 58.7 Å². The first-order chi connectivity index (χ1) is 16.9. The number of piperazine rings is 1. The van der Waals surface area contributed by atoms with E-state index < -0.39 is 23.8 Å². The summed E-state index contributed by atoms with van der Waals surface area (Å²) in [7, 11) is 0. The summed E-state index contributed by atoms with van der Waals surface area (Å²) in [6, 6.07) is 4.25. The van der Waals surface area contributed by atoms with E-state index in [1.54, 1.807) is 12.1 Å². The second kappa shape index (κ2) is 9.77. The van der Waals surface area contributed by atoms with E-state index in [2.05, 4.69) is 15.1 Å². The highest BCUT2D eigenvalue weighted by atomic mass is 16.2. The van der Waals surface area contributed by atoms with Crippen molar-refractivity contribution in [2.75, 3.05) is 50.7 Å². The fraction of sp³-hybridized carbons (Fsp3) is 0.560. The highest BCUT2D eigenvalue weighted by Gasteiger charge is 2.46. The second-order valence-corrected chi connectivity index (χ2v) is 9.67. The molecule has 0 bridgehead atoms. The number of nitrogens with zero attached hydrogens (tertiary/aromatic N) is 4. The van der Waals surface area contributed by atoms with Gasteiger partial charge in [-0.25, -0.2) is 0 Å². The number of fused-ring (bicyclic) bond motifs is 1. The maximum Gasteiger partial charge on any atom is 0.264 e. The van der Waals surface area contributed by atoms with Gasteiger partial charge in [0.05, 0.1) is 16.8 Å². The van der Waals surface area contributed by atoms with Crippen molar-refractivity contribution in [2.24, 2.45) is 0 Å². The van der Waals surface area contributed by atoms with Gasteiger partial charge in [-0.15, -0.1) is 0 Å². The minimum Gasteiger partial charge on any atom is -0.368 e. The molecular formula is C25H31N5O5. The lowest BCUT2D eigenvalue weighted by Crippen LogP contribution is -2.54. The second-order valence-electron chi connectivity index (χ2n) is 9.67. The Hall–Kier alpha value is -3.27. The van der Waals surface area contributed by atoms with Crippen LogP contribution in [0.15, 0.2) is 18.2 Å². The number of anilines is 1. The average molecular weight is 482 g/mol. The highest BCUT2D eigenvalue weighted by Crippen LogP contribution is 2.34. The highest BCUT2D eigenvalue weighted by molar-refractivity contribution is 6.25. The molecule has 1 aromatic carbocycles. The molecule has 1 unspecified atom stereocenters. The molecule has 0 radical (unpaired) electrons. The lowest BCUT2D eigenvalue weighted by atomic mass is 10.0. The largest absolute Gasteiger partial charge is 0.368 e. The van der Waals surface area contributed by atoms with E-state index >= 15 is 0 Å². The van der Waals surface area contributed by atoms with E-state index in [4.69, 9.17) is 0 Å². The minimum atomic E-state index is -0.970. The number of hydrogen-bond acceptors (Lipinski definition) is 7. The standard InChI is InChI=1S/C25H31N5O5/c31-20-8-7-19(23(33)26-20)30-24(34)17-5-4-6-18(22(17)25(30)35)28-15-13-27(14-16-28)12-9-21(32)29-10-2-1-3-11-29/h4-6,19H,1-3,7-16H2,(H,26,31,33). The van der Waals surface area contributed by atoms with Crippen molar-refractivity contribution in [2.45, 2.75) is 44.6 Å². The first kappa shape index (κ1) is 23.5. The average Bonchev–Trinajstić information content (AvgIpc) is 3.13. The maximum absolute atomic E-state index is 13.4. The van der Waals surface area contributed by atoms with Gasteiger partial charge >= 0.3 is 0 Å². The monoisotopic (exact) mass is 481 g/mol. The van der Waals surface area contributed by atoms with E-state index in [1.165, 1.54) is 6.42 Å². The Bertz CT molecular complexity index is 1060. The normalized spacial score (nSPS) is 23.5. The Morgan fingerprint density at radius 1 is 0.914 bits per heavy atom. The Balaban J connectivity index is 1.23. The maximum atomic E-state index is 13.4. The van der Waals surface area contributed by atoms with Crippen molar-refractivity contribution in [1.29, 1.82) is 0 Å². The summed E-state index contributed by atoms with van der Waals surface area (Å²) in [5.74, 6) is -1.74. The lowest BCUT2D eigenvalue weighted by molar-refractivity contribution is -0.136. The number of piperidine rings is 2. The molecule has 0 aromatic heterocycles. The molecule has 4 aliphatic heterocycles. The van der Waals surface area contributed by atoms with Crippen LogP contribution in [0, 0.1) is 0 Å². The van der Waals surface area contributed by atoms with Crippen LogP contribution in [0.1, 0.15) is 59.2 Å².